The summed E-state index contributed by atoms with van der Waals surface area (Å²) in [6.45, 7) is 13.2. The molecule has 0 aromatic carbocycles. The fourth-order valence-corrected chi connectivity index (χ4v) is 2.68. The second-order valence-electron chi connectivity index (χ2n) is 9.38. The second kappa shape index (κ2) is 10.1. The molecule has 0 aromatic rings. The van der Waals surface area contributed by atoms with E-state index in [1.54, 1.807) is 41.5 Å². The topological polar surface area (TPSA) is 82.1 Å². The summed E-state index contributed by atoms with van der Waals surface area (Å²) in [6, 6.07) is 0. The number of esters is 1. The molecule has 2 atom stereocenters. The summed E-state index contributed by atoms with van der Waals surface area (Å²) >= 11 is 0. The van der Waals surface area contributed by atoms with Crippen molar-refractivity contribution in [3.05, 3.63) is 0 Å². The molecule has 2 unspecified atom stereocenters. The molecule has 1 aliphatic rings. The van der Waals surface area contributed by atoms with Crippen molar-refractivity contribution in [1.29, 1.82) is 0 Å². The van der Waals surface area contributed by atoms with E-state index in [2.05, 4.69) is 6.92 Å². The summed E-state index contributed by atoms with van der Waals surface area (Å²) in [5.74, 6) is 0.0798. The number of carbonyl (C=O) groups excluding carboxylic acids is 3. The zero-order valence-electron chi connectivity index (χ0n) is 18.5. The van der Waals surface area contributed by atoms with E-state index < -0.39 is 23.4 Å². The van der Waals surface area contributed by atoms with Gasteiger partial charge in [-0.2, -0.15) is 0 Å². The lowest BCUT2D eigenvalue weighted by Gasteiger charge is -2.28. The highest BCUT2D eigenvalue weighted by Gasteiger charge is 2.43. The third-order valence-electron chi connectivity index (χ3n) is 4.15. The fourth-order valence-electron chi connectivity index (χ4n) is 2.68. The van der Waals surface area contributed by atoms with Crippen LogP contribution in [0.3, 0.4) is 0 Å². The molecular formula is C21H37NO6. The molecule has 1 fully saturated rings. The number of ether oxygens (including phenoxy) is 3. The van der Waals surface area contributed by atoms with Crippen molar-refractivity contribution in [2.24, 2.45) is 11.8 Å². The zero-order valence-corrected chi connectivity index (χ0v) is 18.5. The van der Waals surface area contributed by atoms with E-state index in [0.29, 0.717) is 13.0 Å². The molecule has 28 heavy (non-hydrogen) atoms. The molecule has 7 heteroatoms. The fraction of sp³-hybridized carbons (Fsp3) is 0.857. The number of rotatable bonds is 8. The monoisotopic (exact) mass is 399 g/mol. The van der Waals surface area contributed by atoms with Crippen LogP contribution in [-0.2, 0) is 19.0 Å². The Kier molecular flexibility index (Phi) is 8.76. The first-order valence-electron chi connectivity index (χ1n) is 10.2. The minimum Gasteiger partial charge on any atom is -0.465 e. The predicted molar refractivity (Wildman–Crippen MR) is 106 cm³/mol. The molecule has 7 nitrogen and oxygen atoms in total. The molecule has 0 spiro atoms. The van der Waals surface area contributed by atoms with Gasteiger partial charge in [-0.25, -0.2) is 14.5 Å². The standard InChI is InChI=1S/C21H37NO6/c1-8-9-13-26-17(23)16-14-15(16)11-10-12-22(18(24)27-20(2,3)4)19(25)28-21(5,6)7/h15-16H,8-14H2,1-7H3. The van der Waals surface area contributed by atoms with Gasteiger partial charge >= 0.3 is 18.2 Å². The number of hydrogen-bond donors (Lipinski definition) is 0. The van der Waals surface area contributed by atoms with Crippen molar-refractivity contribution >= 4 is 18.2 Å². The Bertz CT molecular complexity index is 518. The molecule has 0 aromatic heterocycles. The molecule has 1 rings (SSSR count). The van der Waals surface area contributed by atoms with E-state index >= 15 is 0 Å². The lowest BCUT2D eigenvalue weighted by molar-refractivity contribution is -0.145. The molecule has 0 saturated heterocycles. The van der Waals surface area contributed by atoms with Gasteiger partial charge in [-0.1, -0.05) is 13.3 Å². The summed E-state index contributed by atoms with van der Waals surface area (Å²) < 4.78 is 15.9. The van der Waals surface area contributed by atoms with E-state index in [1.165, 1.54) is 0 Å². The molecule has 162 valence electrons. The van der Waals surface area contributed by atoms with E-state index in [9.17, 15) is 14.4 Å². The lowest BCUT2D eigenvalue weighted by Crippen LogP contribution is -2.44. The van der Waals surface area contributed by atoms with Gasteiger partial charge in [0.15, 0.2) is 0 Å². The highest BCUT2D eigenvalue weighted by molar-refractivity contribution is 5.88. The third kappa shape index (κ3) is 9.42. The molecule has 1 aliphatic carbocycles. The Balaban J connectivity index is 2.53. The Hall–Kier alpha value is -1.79. The molecule has 1 saturated carbocycles. The number of amides is 2. The first kappa shape index (κ1) is 24.2. The number of unbranched alkanes of at least 4 members (excludes halogenated alkanes) is 1. The van der Waals surface area contributed by atoms with Gasteiger partial charge in [-0.15, -0.1) is 0 Å². The van der Waals surface area contributed by atoms with E-state index in [1.807, 2.05) is 0 Å². The van der Waals surface area contributed by atoms with Crippen LogP contribution in [-0.4, -0.2) is 47.4 Å². The van der Waals surface area contributed by atoms with Gasteiger partial charge in [0, 0.05) is 6.54 Å². The van der Waals surface area contributed by atoms with Crippen LogP contribution in [0.1, 0.15) is 80.6 Å². The van der Waals surface area contributed by atoms with E-state index in [-0.39, 0.29) is 24.3 Å². The minimum atomic E-state index is -0.715. The van der Waals surface area contributed by atoms with Crippen LogP contribution in [0, 0.1) is 11.8 Å². The summed E-state index contributed by atoms with van der Waals surface area (Å²) in [5.41, 5.74) is -1.41. The Morgan fingerprint density at radius 2 is 1.46 bits per heavy atom. The van der Waals surface area contributed by atoms with Crippen molar-refractivity contribution < 1.29 is 28.6 Å². The molecule has 0 bridgehead atoms. The minimum absolute atomic E-state index is 0.0478. The highest BCUT2D eigenvalue weighted by Crippen LogP contribution is 2.43. The van der Waals surface area contributed by atoms with Gasteiger partial charge in [0.1, 0.15) is 11.2 Å². The van der Waals surface area contributed by atoms with Crippen LogP contribution < -0.4 is 0 Å². The smallest absolute Gasteiger partial charge is 0.419 e. The highest BCUT2D eigenvalue weighted by atomic mass is 16.6. The number of imide groups is 1. The van der Waals surface area contributed by atoms with Crippen LogP contribution in [0.4, 0.5) is 9.59 Å². The van der Waals surface area contributed by atoms with Crippen LogP contribution in [0.5, 0.6) is 0 Å². The van der Waals surface area contributed by atoms with Crippen molar-refractivity contribution in [1.82, 2.24) is 4.90 Å². The first-order chi connectivity index (χ1) is 12.8. The third-order valence-corrected chi connectivity index (χ3v) is 4.15. The van der Waals surface area contributed by atoms with Crippen LogP contribution in [0.2, 0.25) is 0 Å². The quantitative estimate of drug-likeness (QED) is 0.327. The summed E-state index contributed by atoms with van der Waals surface area (Å²) in [5, 5.41) is 0. The van der Waals surface area contributed by atoms with Crippen LogP contribution >= 0.6 is 0 Å². The van der Waals surface area contributed by atoms with Gasteiger partial charge < -0.3 is 14.2 Å². The molecule has 0 heterocycles. The van der Waals surface area contributed by atoms with Gasteiger partial charge in [-0.05, 0) is 73.1 Å². The van der Waals surface area contributed by atoms with Crippen molar-refractivity contribution in [2.45, 2.75) is 91.8 Å². The zero-order chi connectivity index (χ0) is 21.5. The largest absolute Gasteiger partial charge is 0.465 e. The van der Waals surface area contributed by atoms with Crippen LogP contribution in [0.25, 0.3) is 0 Å². The van der Waals surface area contributed by atoms with Crippen molar-refractivity contribution in [2.75, 3.05) is 13.2 Å². The van der Waals surface area contributed by atoms with Crippen molar-refractivity contribution in [3.8, 4) is 0 Å². The maximum Gasteiger partial charge on any atom is 0.419 e. The van der Waals surface area contributed by atoms with Gasteiger partial charge in [0.25, 0.3) is 0 Å². The predicted octanol–water partition coefficient (Wildman–Crippen LogP) is 4.92. The Labute approximate surface area is 169 Å². The number of nitrogens with zero attached hydrogens (tertiary/aromatic N) is 1. The van der Waals surface area contributed by atoms with Gasteiger partial charge in [0.05, 0.1) is 12.5 Å². The average molecular weight is 400 g/mol. The Morgan fingerprint density at radius 1 is 0.929 bits per heavy atom. The maximum atomic E-state index is 12.4. The molecule has 0 N–H and O–H groups in total. The van der Waals surface area contributed by atoms with E-state index in [4.69, 9.17) is 14.2 Å². The second-order valence-corrected chi connectivity index (χ2v) is 9.38. The maximum absolute atomic E-state index is 12.4. The molecule has 2 amide bonds. The van der Waals surface area contributed by atoms with Gasteiger partial charge in [0.2, 0.25) is 0 Å². The molecule has 0 radical (unpaired) electrons. The lowest BCUT2D eigenvalue weighted by atomic mass is 10.2. The summed E-state index contributed by atoms with van der Waals surface area (Å²) in [6.07, 6.45) is 2.58. The first-order valence-corrected chi connectivity index (χ1v) is 10.2. The normalized spacial score (nSPS) is 19.0. The SMILES string of the molecule is CCCCOC(=O)C1CC1CCCN(C(=O)OC(C)(C)C)C(=O)OC(C)(C)C. The van der Waals surface area contributed by atoms with Gasteiger partial charge in [-0.3, -0.25) is 4.79 Å². The summed E-state index contributed by atoms with van der Waals surface area (Å²) in [7, 11) is 0. The molecule has 0 aliphatic heterocycles. The number of carbonyl (C=O) groups is 3. The van der Waals surface area contributed by atoms with E-state index in [0.717, 1.165) is 30.6 Å². The van der Waals surface area contributed by atoms with Crippen LogP contribution in [0.15, 0.2) is 0 Å². The number of hydrogen-bond acceptors (Lipinski definition) is 6. The average Bonchev–Trinajstić information content (AvgIpc) is 3.27. The summed E-state index contributed by atoms with van der Waals surface area (Å²) in [4.78, 5) is 37.8. The van der Waals surface area contributed by atoms with Crippen molar-refractivity contribution in [3.63, 3.8) is 0 Å². The molecular weight excluding hydrogens is 362 g/mol. The Morgan fingerprint density at radius 3 is 1.93 bits per heavy atom.